The van der Waals surface area contributed by atoms with Crippen molar-refractivity contribution in [3.63, 3.8) is 0 Å². The molecule has 0 radical (unpaired) electrons. The van der Waals surface area contributed by atoms with Gasteiger partial charge in [-0.2, -0.15) is 0 Å². The van der Waals surface area contributed by atoms with Crippen molar-refractivity contribution in [2.75, 3.05) is 7.11 Å². The molecular weight excluding hydrogens is 544 g/mol. The second-order valence-corrected chi connectivity index (χ2v) is 12.2. The van der Waals surface area contributed by atoms with Gasteiger partial charge in [0, 0.05) is 22.1 Å². The zero-order valence-electron chi connectivity index (χ0n) is 26.0. The van der Waals surface area contributed by atoms with Crippen LogP contribution in [0.2, 0.25) is 0 Å². The van der Waals surface area contributed by atoms with Crippen molar-refractivity contribution >= 4 is 16.8 Å². The summed E-state index contributed by atoms with van der Waals surface area (Å²) < 4.78 is 25.1. The van der Waals surface area contributed by atoms with Gasteiger partial charge in [0.15, 0.2) is 5.60 Å². The second kappa shape index (κ2) is 11.1. The van der Waals surface area contributed by atoms with Gasteiger partial charge < -0.3 is 18.9 Å². The van der Waals surface area contributed by atoms with Gasteiger partial charge in [0.25, 0.3) is 0 Å². The van der Waals surface area contributed by atoms with Crippen molar-refractivity contribution in [1.29, 1.82) is 0 Å². The molecule has 7 rings (SSSR count). The van der Waals surface area contributed by atoms with E-state index < -0.39 is 5.60 Å². The molecule has 0 unspecified atom stereocenters. The van der Waals surface area contributed by atoms with Gasteiger partial charge in [-0.25, -0.2) is 0 Å². The van der Waals surface area contributed by atoms with Crippen LogP contribution in [-0.2, 0) is 18.4 Å². The molecule has 4 nitrogen and oxygen atoms in total. The van der Waals surface area contributed by atoms with E-state index in [2.05, 4.69) is 78.9 Å². The zero-order chi connectivity index (χ0) is 30.4. The minimum absolute atomic E-state index is 0.0960. The highest BCUT2D eigenvalue weighted by atomic mass is 16.5. The third-order valence-electron chi connectivity index (χ3n) is 8.60. The molecule has 0 fully saturated rings. The van der Waals surface area contributed by atoms with Crippen molar-refractivity contribution < 1.29 is 18.9 Å². The molecule has 0 saturated heterocycles. The van der Waals surface area contributed by atoms with Crippen molar-refractivity contribution in [2.24, 2.45) is 0 Å². The fourth-order valence-corrected chi connectivity index (χ4v) is 6.71. The van der Waals surface area contributed by atoms with E-state index in [1.807, 2.05) is 52.0 Å². The number of aryl methyl sites for hydroxylation is 1. The average molecular weight is 583 g/mol. The van der Waals surface area contributed by atoms with Gasteiger partial charge in [-0.1, -0.05) is 54.6 Å². The van der Waals surface area contributed by atoms with Gasteiger partial charge in [-0.15, -0.1) is 0 Å². The lowest BCUT2D eigenvalue weighted by Crippen LogP contribution is -2.34. The summed E-state index contributed by atoms with van der Waals surface area (Å²) in [4.78, 5) is 0. The highest BCUT2D eigenvalue weighted by Crippen LogP contribution is 2.52. The molecule has 2 aliphatic rings. The molecular formula is C40H38O4. The Kier molecular flexibility index (Phi) is 7.08. The molecule has 222 valence electrons. The van der Waals surface area contributed by atoms with E-state index in [4.69, 9.17) is 18.9 Å². The minimum atomic E-state index is -0.865. The normalized spacial score (nSPS) is 14.5. The summed E-state index contributed by atoms with van der Waals surface area (Å²) in [6.45, 7) is 8.16. The molecule has 1 aliphatic carbocycles. The van der Waals surface area contributed by atoms with Crippen LogP contribution in [0.5, 0.6) is 23.0 Å². The molecule has 0 N–H and O–H groups in total. The van der Waals surface area contributed by atoms with Gasteiger partial charge in [0.2, 0.25) is 0 Å². The standard InChI is InChI=1S/C40H38O4/c1-25(2)42-30-15-11-28(12-16-30)40(29-13-17-31(18-14-29)43-26(3)4)23-22-36-34-20-10-27-8-6-7-9-33(27)38(34)35-21-19-32(41-5)24-37(35)39(36)44-40/h6-9,11-19,21-26H,10,20H2,1-5H3. The molecule has 4 heteroatoms. The lowest BCUT2D eigenvalue weighted by atomic mass is 9.77. The molecule has 0 spiro atoms. The molecule has 0 bridgehead atoms. The van der Waals surface area contributed by atoms with Crippen molar-refractivity contribution in [3.05, 3.63) is 125 Å². The first-order valence-electron chi connectivity index (χ1n) is 15.5. The van der Waals surface area contributed by atoms with Crippen molar-refractivity contribution in [2.45, 2.75) is 58.3 Å². The van der Waals surface area contributed by atoms with Crippen LogP contribution in [0.1, 0.15) is 55.5 Å². The largest absolute Gasteiger partial charge is 0.497 e. The van der Waals surface area contributed by atoms with E-state index in [0.29, 0.717) is 0 Å². The van der Waals surface area contributed by atoms with Crippen LogP contribution in [0.4, 0.5) is 0 Å². The molecule has 0 amide bonds. The Morgan fingerprint density at radius 3 is 1.91 bits per heavy atom. The monoisotopic (exact) mass is 582 g/mol. The van der Waals surface area contributed by atoms with Gasteiger partial charge in [0.05, 0.1) is 19.3 Å². The Labute approximate surface area is 259 Å². The summed E-state index contributed by atoms with van der Waals surface area (Å²) in [5, 5.41) is 2.22. The summed E-state index contributed by atoms with van der Waals surface area (Å²) >= 11 is 0. The molecule has 5 aromatic carbocycles. The Hall–Kier alpha value is -4.70. The highest BCUT2D eigenvalue weighted by molar-refractivity contribution is 6.06. The molecule has 0 saturated carbocycles. The smallest absolute Gasteiger partial charge is 0.178 e. The Balaban J connectivity index is 1.45. The van der Waals surface area contributed by atoms with Gasteiger partial charge in [-0.05, 0) is 117 Å². The maximum Gasteiger partial charge on any atom is 0.178 e. The molecule has 0 aromatic heterocycles. The number of rotatable bonds is 7. The Bertz CT molecular complexity index is 1810. The predicted octanol–water partition coefficient (Wildman–Crippen LogP) is 9.54. The van der Waals surface area contributed by atoms with Crippen LogP contribution >= 0.6 is 0 Å². The van der Waals surface area contributed by atoms with E-state index >= 15 is 0 Å². The number of methoxy groups -OCH3 is 1. The molecule has 1 heterocycles. The topological polar surface area (TPSA) is 36.9 Å². The second-order valence-electron chi connectivity index (χ2n) is 12.2. The number of benzene rings is 5. The maximum atomic E-state index is 7.38. The van der Waals surface area contributed by atoms with Crippen LogP contribution < -0.4 is 18.9 Å². The summed E-state index contributed by atoms with van der Waals surface area (Å²) in [6.07, 6.45) is 6.66. The van der Waals surface area contributed by atoms with Gasteiger partial charge in [0.1, 0.15) is 23.0 Å². The fourth-order valence-electron chi connectivity index (χ4n) is 6.71. The summed E-state index contributed by atoms with van der Waals surface area (Å²) in [5.74, 6) is 3.35. The minimum Gasteiger partial charge on any atom is -0.497 e. The first kappa shape index (κ1) is 28.1. The number of ether oxygens (including phenoxy) is 4. The van der Waals surface area contributed by atoms with Crippen molar-refractivity contribution in [1.82, 2.24) is 0 Å². The van der Waals surface area contributed by atoms with Crippen LogP contribution in [0, 0.1) is 0 Å². The third-order valence-corrected chi connectivity index (χ3v) is 8.60. The molecule has 44 heavy (non-hydrogen) atoms. The molecule has 1 aliphatic heterocycles. The van der Waals surface area contributed by atoms with E-state index in [1.54, 1.807) is 7.11 Å². The maximum absolute atomic E-state index is 7.38. The van der Waals surface area contributed by atoms with Crippen LogP contribution in [0.25, 0.3) is 28.0 Å². The average Bonchev–Trinajstić information content (AvgIpc) is 3.04. The molecule has 5 aromatic rings. The van der Waals surface area contributed by atoms with Crippen LogP contribution in [-0.4, -0.2) is 19.3 Å². The Morgan fingerprint density at radius 2 is 1.30 bits per heavy atom. The van der Waals surface area contributed by atoms with E-state index in [-0.39, 0.29) is 12.2 Å². The lowest BCUT2D eigenvalue weighted by Gasteiger charge is -2.38. The van der Waals surface area contributed by atoms with Gasteiger partial charge >= 0.3 is 0 Å². The lowest BCUT2D eigenvalue weighted by molar-refractivity contribution is 0.163. The van der Waals surface area contributed by atoms with E-state index in [0.717, 1.165) is 57.9 Å². The fraction of sp³-hybridized carbons (Fsp3) is 0.250. The Morgan fingerprint density at radius 1 is 0.682 bits per heavy atom. The predicted molar refractivity (Wildman–Crippen MR) is 178 cm³/mol. The van der Waals surface area contributed by atoms with Gasteiger partial charge in [-0.3, -0.25) is 0 Å². The number of fused-ring (bicyclic) bond motifs is 8. The number of hydrogen-bond donors (Lipinski definition) is 0. The highest BCUT2D eigenvalue weighted by Gasteiger charge is 2.39. The summed E-state index contributed by atoms with van der Waals surface area (Å²) in [6, 6.07) is 31.7. The third kappa shape index (κ3) is 4.79. The SMILES string of the molecule is COc1ccc2c3c(c4c(c2c1)OC(c1ccc(OC(C)C)cc1)(c1ccc(OC(C)C)cc1)C=C4)CCc1ccccc1-3. The quantitative estimate of drug-likeness (QED) is 0.192. The van der Waals surface area contributed by atoms with Crippen molar-refractivity contribution in [3.8, 4) is 34.1 Å². The van der Waals surface area contributed by atoms with E-state index in [9.17, 15) is 0 Å². The number of hydrogen-bond acceptors (Lipinski definition) is 4. The van der Waals surface area contributed by atoms with E-state index in [1.165, 1.54) is 27.6 Å². The van der Waals surface area contributed by atoms with Crippen LogP contribution in [0.3, 0.4) is 0 Å². The van der Waals surface area contributed by atoms with Crippen LogP contribution in [0.15, 0.2) is 97.1 Å². The first-order valence-corrected chi connectivity index (χ1v) is 15.5. The summed E-state index contributed by atoms with van der Waals surface area (Å²) in [5.41, 5.74) is 7.65. The molecule has 0 atom stereocenters. The zero-order valence-corrected chi connectivity index (χ0v) is 26.0. The summed E-state index contributed by atoms with van der Waals surface area (Å²) in [7, 11) is 1.72. The first-order chi connectivity index (χ1) is 21.4.